The molecule has 1 fully saturated rings. The molecule has 0 aliphatic carbocycles. The third kappa shape index (κ3) is 3.84. The van der Waals surface area contributed by atoms with Gasteiger partial charge < -0.3 is 9.64 Å². The number of benzene rings is 2. The predicted molar refractivity (Wildman–Crippen MR) is 105 cm³/mol. The minimum absolute atomic E-state index is 0.00107. The average Bonchev–Trinajstić information content (AvgIpc) is 3.10. The second-order valence-electron chi connectivity index (χ2n) is 6.43. The minimum atomic E-state index is -0.196. The topological polar surface area (TPSA) is 71.5 Å². The number of aryl methyl sites for hydroxylation is 1. The zero-order valence-electron chi connectivity index (χ0n) is 14.9. The highest BCUT2D eigenvalue weighted by Crippen LogP contribution is 2.27. The van der Waals surface area contributed by atoms with E-state index in [0.717, 1.165) is 15.8 Å². The van der Waals surface area contributed by atoms with E-state index in [-0.39, 0.29) is 11.8 Å². The van der Waals surface area contributed by atoms with Gasteiger partial charge in [0.1, 0.15) is 0 Å². The average molecular weight is 381 g/mol. The summed E-state index contributed by atoms with van der Waals surface area (Å²) in [5.74, 6) is -0.197. The minimum Gasteiger partial charge on any atom is -0.378 e. The summed E-state index contributed by atoms with van der Waals surface area (Å²) in [6.07, 6.45) is 0. The van der Waals surface area contributed by atoms with Crippen LogP contribution in [0.3, 0.4) is 0 Å². The lowest BCUT2D eigenvalue weighted by atomic mass is 10.1. The number of morpholine rings is 1. The van der Waals surface area contributed by atoms with Crippen LogP contribution in [0.15, 0.2) is 42.5 Å². The number of carbonyl (C=O) groups is 2. The zero-order valence-corrected chi connectivity index (χ0v) is 15.7. The molecular formula is C20H19N3O3S. The maximum atomic E-state index is 12.6. The number of fused-ring (bicyclic) bond motifs is 1. The molecule has 0 radical (unpaired) electrons. The van der Waals surface area contributed by atoms with Gasteiger partial charge in [0.2, 0.25) is 0 Å². The van der Waals surface area contributed by atoms with Crippen molar-refractivity contribution in [1.82, 2.24) is 9.88 Å². The van der Waals surface area contributed by atoms with E-state index in [4.69, 9.17) is 4.74 Å². The van der Waals surface area contributed by atoms with E-state index in [2.05, 4.69) is 10.3 Å². The lowest BCUT2D eigenvalue weighted by Gasteiger charge is -2.26. The third-order valence-electron chi connectivity index (χ3n) is 4.47. The summed E-state index contributed by atoms with van der Waals surface area (Å²) in [7, 11) is 0. The van der Waals surface area contributed by atoms with Crippen molar-refractivity contribution in [3.8, 4) is 0 Å². The van der Waals surface area contributed by atoms with Crippen LogP contribution in [0.2, 0.25) is 0 Å². The highest BCUT2D eigenvalue weighted by Gasteiger charge is 2.19. The Bertz CT molecular complexity index is 991. The van der Waals surface area contributed by atoms with Gasteiger partial charge in [0.25, 0.3) is 11.8 Å². The first-order valence-corrected chi connectivity index (χ1v) is 9.57. The Morgan fingerprint density at radius 3 is 2.52 bits per heavy atom. The van der Waals surface area contributed by atoms with Gasteiger partial charge in [0.05, 0.1) is 23.4 Å². The van der Waals surface area contributed by atoms with Crippen molar-refractivity contribution in [2.24, 2.45) is 0 Å². The summed E-state index contributed by atoms with van der Waals surface area (Å²) in [6, 6.07) is 12.8. The summed E-state index contributed by atoms with van der Waals surface area (Å²) in [6.45, 7) is 4.34. The Morgan fingerprint density at radius 1 is 1.07 bits per heavy atom. The summed E-state index contributed by atoms with van der Waals surface area (Å²) in [4.78, 5) is 31.2. The molecule has 27 heavy (non-hydrogen) atoms. The molecule has 4 rings (SSSR count). The van der Waals surface area contributed by atoms with E-state index in [1.165, 1.54) is 11.3 Å². The van der Waals surface area contributed by atoms with Crippen LogP contribution in [-0.2, 0) is 4.74 Å². The second kappa shape index (κ2) is 7.46. The fourth-order valence-corrected chi connectivity index (χ4v) is 3.83. The normalized spacial score (nSPS) is 14.3. The van der Waals surface area contributed by atoms with Crippen LogP contribution in [0.25, 0.3) is 10.2 Å². The Morgan fingerprint density at radius 2 is 1.78 bits per heavy atom. The maximum Gasteiger partial charge on any atom is 0.257 e. The van der Waals surface area contributed by atoms with Crippen LogP contribution >= 0.6 is 11.3 Å². The lowest BCUT2D eigenvalue weighted by molar-refractivity contribution is 0.0303. The smallest absolute Gasteiger partial charge is 0.257 e. The Kier molecular flexibility index (Phi) is 4.87. The van der Waals surface area contributed by atoms with Gasteiger partial charge in [-0.25, -0.2) is 4.98 Å². The zero-order chi connectivity index (χ0) is 18.8. The summed E-state index contributed by atoms with van der Waals surface area (Å²) in [5.41, 5.74) is 3.08. The van der Waals surface area contributed by atoms with Crippen molar-refractivity contribution in [2.45, 2.75) is 6.92 Å². The number of nitrogens with zero attached hydrogens (tertiary/aromatic N) is 2. The molecule has 2 aromatic carbocycles. The monoisotopic (exact) mass is 381 g/mol. The number of amides is 2. The highest BCUT2D eigenvalue weighted by atomic mass is 32.1. The molecule has 1 aliphatic rings. The number of thiazole rings is 1. The quantitative estimate of drug-likeness (QED) is 0.755. The standard InChI is InChI=1S/C20H19N3O3S/c1-13-2-4-14(5-3-13)18(24)22-20-21-16-7-6-15(12-17(16)27-20)19(25)23-8-10-26-11-9-23/h2-7,12H,8-11H2,1H3,(H,21,22,24). The number of hydrogen-bond acceptors (Lipinski definition) is 5. The van der Waals surface area contributed by atoms with Gasteiger partial charge in [-0.05, 0) is 37.3 Å². The largest absolute Gasteiger partial charge is 0.378 e. The van der Waals surface area contributed by atoms with Crippen LogP contribution in [0.4, 0.5) is 5.13 Å². The molecule has 7 heteroatoms. The number of hydrogen-bond donors (Lipinski definition) is 1. The molecule has 1 aliphatic heterocycles. The fraction of sp³-hybridized carbons (Fsp3) is 0.250. The summed E-state index contributed by atoms with van der Waals surface area (Å²) >= 11 is 1.36. The van der Waals surface area contributed by atoms with E-state index in [1.54, 1.807) is 23.1 Å². The molecular weight excluding hydrogens is 362 g/mol. The van der Waals surface area contributed by atoms with Gasteiger partial charge in [-0.1, -0.05) is 29.0 Å². The SMILES string of the molecule is Cc1ccc(C(=O)Nc2nc3ccc(C(=O)N4CCOCC4)cc3s2)cc1. The van der Waals surface area contributed by atoms with Gasteiger partial charge in [-0.2, -0.15) is 0 Å². The second-order valence-corrected chi connectivity index (χ2v) is 7.46. The summed E-state index contributed by atoms with van der Waals surface area (Å²) in [5, 5.41) is 3.36. The molecule has 0 spiro atoms. The molecule has 1 aromatic heterocycles. The van der Waals surface area contributed by atoms with Crippen LogP contribution in [-0.4, -0.2) is 48.0 Å². The van der Waals surface area contributed by atoms with E-state index in [1.807, 2.05) is 31.2 Å². The molecule has 0 saturated carbocycles. The molecule has 138 valence electrons. The number of ether oxygens (including phenoxy) is 1. The highest BCUT2D eigenvalue weighted by molar-refractivity contribution is 7.22. The maximum absolute atomic E-state index is 12.6. The number of nitrogens with one attached hydrogen (secondary N) is 1. The Labute approximate surface area is 160 Å². The summed E-state index contributed by atoms with van der Waals surface area (Å²) < 4.78 is 6.17. The molecule has 0 bridgehead atoms. The van der Waals surface area contributed by atoms with Crippen molar-refractivity contribution in [3.05, 3.63) is 59.2 Å². The molecule has 0 atom stereocenters. The first-order valence-electron chi connectivity index (χ1n) is 8.76. The molecule has 1 N–H and O–H groups in total. The van der Waals surface area contributed by atoms with Crippen molar-refractivity contribution in [2.75, 3.05) is 31.6 Å². The molecule has 6 nitrogen and oxygen atoms in total. The molecule has 2 amide bonds. The van der Waals surface area contributed by atoms with Crippen molar-refractivity contribution in [1.29, 1.82) is 0 Å². The van der Waals surface area contributed by atoms with E-state index < -0.39 is 0 Å². The number of anilines is 1. The number of carbonyl (C=O) groups excluding carboxylic acids is 2. The van der Waals surface area contributed by atoms with Gasteiger partial charge in [-0.15, -0.1) is 0 Å². The van der Waals surface area contributed by atoms with Crippen LogP contribution in [0.1, 0.15) is 26.3 Å². The van der Waals surface area contributed by atoms with E-state index in [9.17, 15) is 9.59 Å². The molecule has 3 aromatic rings. The van der Waals surface area contributed by atoms with Gasteiger partial charge in [0, 0.05) is 24.2 Å². The van der Waals surface area contributed by atoms with Crippen molar-refractivity contribution < 1.29 is 14.3 Å². The van der Waals surface area contributed by atoms with Crippen LogP contribution < -0.4 is 5.32 Å². The first kappa shape index (κ1) is 17.6. The van der Waals surface area contributed by atoms with Crippen LogP contribution in [0, 0.1) is 6.92 Å². The first-order chi connectivity index (χ1) is 13.1. The molecule has 2 heterocycles. The van der Waals surface area contributed by atoms with Gasteiger partial charge >= 0.3 is 0 Å². The van der Waals surface area contributed by atoms with Crippen molar-refractivity contribution in [3.63, 3.8) is 0 Å². The fourth-order valence-electron chi connectivity index (χ4n) is 2.93. The van der Waals surface area contributed by atoms with Gasteiger partial charge in [-0.3, -0.25) is 14.9 Å². The number of aromatic nitrogens is 1. The third-order valence-corrected chi connectivity index (χ3v) is 5.40. The Balaban J connectivity index is 1.53. The van der Waals surface area contributed by atoms with Gasteiger partial charge in [0.15, 0.2) is 5.13 Å². The van der Waals surface area contributed by atoms with E-state index in [0.29, 0.717) is 42.6 Å². The predicted octanol–water partition coefficient (Wildman–Crippen LogP) is 3.33. The molecule has 1 saturated heterocycles. The Hall–Kier alpha value is -2.77. The van der Waals surface area contributed by atoms with Crippen molar-refractivity contribution >= 4 is 38.5 Å². The number of rotatable bonds is 3. The lowest BCUT2D eigenvalue weighted by Crippen LogP contribution is -2.40. The van der Waals surface area contributed by atoms with Crippen LogP contribution in [0.5, 0.6) is 0 Å². The molecule has 0 unspecified atom stereocenters. The van der Waals surface area contributed by atoms with E-state index >= 15 is 0 Å².